The fourth-order valence-corrected chi connectivity index (χ4v) is 6.48. The Kier molecular flexibility index (Phi) is 3.80. The Morgan fingerprint density at radius 3 is 2.36 bits per heavy atom. The maximum atomic E-state index is 13.0. The van der Waals surface area contributed by atoms with Gasteiger partial charge in [0.2, 0.25) is 11.8 Å². The molecule has 4 unspecified atom stereocenters. The Balaban J connectivity index is 1.84. The van der Waals surface area contributed by atoms with Crippen LogP contribution in [0.3, 0.4) is 0 Å². The zero-order valence-electron chi connectivity index (χ0n) is 14.7. The second-order valence-corrected chi connectivity index (χ2v) is 9.26. The first kappa shape index (κ1) is 17.1. The van der Waals surface area contributed by atoms with E-state index in [0.29, 0.717) is 0 Å². The number of carbonyl (C=O) groups excluding carboxylic acids is 2. The van der Waals surface area contributed by atoms with Gasteiger partial charge < -0.3 is 11.1 Å². The summed E-state index contributed by atoms with van der Waals surface area (Å²) in [5.74, 6) is -0.741. The number of halogens is 1. The van der Waals surface area contributed by atoms with Crippen molar-refractivity contribution in [1.82, 2.24) is 5.32 Å². The number of amides is 2. The van der Waals surface area contributed by atoms with Crippen LogP contribution >= 0.6 is 15.9 Å². The van der Waals surface area contributed by atoms with Gasteiger partial charge >= 0.3 is 0 Å². The molecule has 0 radical (unpaired) electrons. The molecule has 4 rings (SSSR count). The molecule has 0 aromatic heterocycles. The lowest BCUT2D eigenvalue weighted by Gasteiger charge is -2.39. The van der Waals surface area contributed by atoms with Gasteiger partial charge in [-0.3, -0.25) is 9.59 Å². The van der Waals surface area contributed by atoms with Gasteiger partial charge in [0.15, 0.2) is 0 Å². The van der Waals surface area contributed by atoms with E-state index in [1.165, 1.54) is 5.56 Å². The third-order valence-electron chi connectivity index (χ3n) is 6.96. The van der Waals surface area contributed by atoms with Crippen LogP contribution in [-0.2, 0) is 15.0 Å². The first-order valence-electron chi connectivity index (χ1n) is 9.19. The SMILES string of the molecule is CC(C)NC(=O)C1C2CCC(c3ccc(Br)cc3)(C1C(N)=O)C21CC1. The molecule has 1 spiro atoms. The standard InChI is InChI=1S/C20H25BrN2O2/c1-11(2)23-18(25)15-14-7-8-20(16(15)17(22)24,19(14)9-10-19)12-3-5-13(21)6-4-12/h3-6,11,14-16H,7-10H2,1-2H3,(H2,22,24)(H,23,25). The van der Waals surface area contributed by atoms with Gasteiger partial charge in [0.25, 0.3) is 0 Å². The van der Waals surface area contributed by atoms with Crippen molar-refractivity contribution in [2.45, 2.75) is 51.0 Å². The lowest BCUT2D eigenvalue weighted by Crippen LogP contribution is -2.50. The van der Waals surface area contributed by atoms with Crippen molar-refractivity contribution in [3.63, 3.8) is 0 Å². The number of hydrogen-bond donors (Lipinski definition) is 2. The molecule has 3 N–H and O–H groups in total. The summed E-state index contributed by atoms with van der Waals surface area (Å²) in [7, 11) is 0. The Labute approximate surface area is 157 Å². The molecule has 3 saturated carbocycles. The average Bonchev–Trinajstić information content (AvgIpc) is 3.23. The lowest BCUT2D eigenvalue weighted by molar-refractivity contribution is -0.136. The molecule has 2 bridgehead atoms. The topological polar surface area (TPSA) is 72.2 Å². The minimum atomic E-state index is -0.409. The summed E-state index contributed by atoms with van der Waals surface area (Å²) >= 11 is 3.50. The molecule has 3 aliphatic carbocycles. The number of carbonyl (C=O) groups is 2. The van der Waals surface area contributed by atoms with Crippen LogP contribution in [0.25, 0.3) is 0 Å². The molecule has 4 nitrogen and oxygen atoms in total. The summed E-state index contributed by atoms with van der Waals surface area (Å²) < 4.78 is 1.02. The zero-order chi connectivity index (χ0) is 18.0. The predicted octanol–water partition coefficient (Wildman–Crippen LogP) is 3.13. The third-order valence-corrected chi connectivity index (χ3v) is 7.49. The predicted molar refractivity (Wildman–Crippen MR) is 99.7 cm³/mol. The smallest absolute Gasteiger partial charge is 0.224 e. The molecule has 25 heavy (non-hydrogen) atoms. The number of benzene rings is 1. The molecular formula is C20H25BrN2O2. The summed E-state index contributed by atoms with van der Waals surface area (Å²) in [5, 5.41) is 3.04. The first-order chi connectivity index (χ1) is 11.8. The van der Waals surface area contributed by atoms with Crippen LogP contribution in [0, 0.1) is 23.2 Å². The van der Waals surface area contributed by atoms with E-state index in [1.807, 2.05) is 26.0 Å². The molecule has 0 heterocycles. The average molecular weight is 405 g/mol. The summed E-state index contributed by atoms with van der Waals surface area (Å²) in [4.78, 5) is 25.6. The van der Waals surface area contributed by atoms with Gasteiger partial charge in [-0.05, 0) is 68.6 Å². The normalized spacial score (nSPS) is 34.5. The minimum absolute atomic E-state index is 0.00811. The van der Waals surface area contributed by atoms with Crippen LogP contribution in [-0.4, -0.2) is 17.9 Å². The summed E-state index contributed by atoms with van der Waals surface area (Å²) in [5.41, 5.74) is 6.90. The first-order valence-corrected chi connectivity index (χ1v) is 9.98. The molecule has 2 amide bonds. The van der Waals surface area contributed by atoms with Gasteiger partial charge in [0.05, 0.1) is 11.8 Å². The Morgan fingerprint density at radius 2 is 1.84 bits per heavy atom. The van der Waals surface area contributed by atoms with Crippen LogP contribution in [0.15, 0.2) is 28.7 Å². The van der Waals surface area contributed by atoms with Crippen molar-refractivity contribution in [3.8, 4) is 0 Å². The Morgan fingerprint density at radius 1 is 1.20 bits per heavy atom. The van der Waals surface area contributed by atoms with E-state index in [9.17, 15) is 9.59 Å². The van der Waals surface area contributed by atoms with E-state index in [2.05, 4.69) is 33.4 Å². The van der Waals surface area contributed by atoms with Gasteiger partial charge in [-0.15, -0.1) is 0 Å². The van der Waals surface area contributed by atoms with Crippen molar-refractivity contribution in [3.05, 3.63) is 34.3 Å². The highest BCUT2D eigenvalue weighted by atomic mass is 79.9. The van der Waals surface area contributed by atoms with Crippen LogP contribution < -0.4 is 11.1 Å². The van der Waals surface area contributed by atoms with Crippen molar-refractivity contribution >= 4 is 27.7 Å². The Hall–Kier alpha value is -1.36. The third kappa shape index (κ3) is 2.17. The zero-order valence-corrected chi connectivity index (χ0v) is 16.3. The van der Waals surface area contributed by atoms with E-state index in [0.717, 1.165) is 30.2 Å². The highest BCUT2D eigenvalue weighted by Crippen LogP contribution is 2.80. The van der Waals surface area contributed by atoms with Crippen molar-refractivity contribution in [2.75, 3.05) is 0 Å². The molecule has 1 aromatic carbocycles. The molecular weight excluding hydrogens is 380 g/mol. The summed E-state index contributed by atoms with van der Waals surface area (Å²) in [6, 6.07) is 8.37. The molecule has 5 heteroatoms. The van der Waals surface area contributed by atoms with E-state index >= 15 is 0 Å². The second-order valence-electron chi connectivity index (χ2n) is 8.35. The molecule has 4 atom stereocenters. The number of nitrogens with one attached hydrogen (secondary N) is 1. The van der Waals surface area contributed by atoms with Crippen molar-refractivity contribution in [1.29, 1.82) is 0 Å². The highest BCUT2D eigenvalue weighted by Gasteiger charge is 2.79. The Bertz CT molecular complexity index is 726. The number of hydrogen-bond acceptors (Lipinski definition) is 2. The maximum Gasteiger partial charge on any atom is 0.224 e. The van der Waals surface area contributed by atoms with Crippen molar-refractivity contribution < 1.29 is 9.59 Å². The number of primary amides is 1. The van der Waals surface area contributed by atoms with Gasteiger partial charge in [-0.25, -0.2) is 0 Å². The van der Waals surface area contributed by atoms with Crippen LogP contribution in [0.2, 0.25) is 0 Å². The van der Waals surface area contributed by atoms with E-state index in [4.69, 9.17) is 5.73 Å². The monoisotopic (exact) mass is 404 g/mol. The molecule has 1 aromatic rings. The second kappa shape index (κ2) is 5.57. The van der Waals surface area contributed by atoms with Gasteiger partial charge in [0.1, 0.15) is 0 Å². The summed E-state index contributed by atoms with van der Waals surface area (Å²) in [6.45, 7) is 3.92. The lowest BCUT2D eigenvalue weighted by atomic mass is 9.63. The van der Waals surface area contributed by atoms with Crippen molar-refractivity contribution in [2.24, 2.45) is 28.9 Å². The number of nitrogens with two attached hydrogens (primary N) is 1. The molecule has 0 saturated heterocycles. The van der Waals surface area contributed by atoms with E-state index in [1.54, 1.807) is 0 Å². The maximum absolute atomic E-state index is 13.0. The largest absolute Gasteiger partial charge is 0.369 e. The van der Waals surface area contributed by atoms with Crippen LogP contribution in [0.5, 0.6) is 0 Å². The van der Waals surface area contributed by atoms with E-state index in [-0.39, 0.29) is 40.5 Å². The van der Waals surface area contributed by atoms with Crippen LogP contribution in [0.1, 0.15) is 45.1 Å². The fourth-order valence-electron chi connectivity index (χ4n) is 6.21. The quantitative estimate of drug-likeness (QED) is 0.808. The molecule has 0 aliphatic heterocycles. The van der Waals surface area contributed by atoms with Gasteiger partial charge in [-0.2, -0.15) is 0 Å². The fraction of sp³-hybridized carbons (Fsp3) is 0.600. The minimum Gasteiger partial charge on any atom is -0.369 e. The van der Waals surface area contributed by atoms with Gasteiger partial charge in [-0.1, -0.05) is 28.1 Å². The molecule has 3 fully saturated rings. The molecule has 3 aliphatic rings. The van der Waals surface area contributed by atoms with Crippen LogP contribution in [0.4, 0.5) is 0 Å². The highest BCUT2D eigenvalue weighted by molar-refractivity contribution is 9.10. The molecule has 134 valence electrons. The van der Waals surface area contributed by atoms with E-state index < -0.39 is 5.92 Å². The van der Waals surface area contributed by atoms with Gasteiger partial charge in [0, 0.05) is 15.9 Å². The number of rotatable bonds is 4. The summed E-state index contributed by atoms with van der Waals surface area (Å²) in [6.07, 6.45) is 4.17.